The fraction of sp³-hybridized carbons (Fsp3) is 0.500. The third-order valence-electron chi connectivity index (χ3n) is 4.37. The maximum absolute atomic E-state index is 6.40. The largest absolute Gasteiger partial charge is 0.340 e. The van der Waals surface area contributed by atoms with Crippen molar-refractivity contribution in [2.45, 2.75) is 58.4 Å². The van der Waals surface area contributed by atoms with E-state index in [1.165, 1.54) is 5.56 Å². The molecule has 0 saturated heterocycles. The van der Waals surface area contributed by atoms with E-state index in [1.54, 1.807) is 0 Å². The number of nitrogens with one attached hydrogen (secondary N) is 1. The highest BCUT2D eigenvalue weighted by molar-refractivity contribution is 5.59. The lowest BCUT2D eigenvalue weighted by Crippen LogP contribution is -2.36. The molecule has 2 aromatic rings. The molecule has 0 radical (unpaired) electrons. The van der Waals surface area contributed by atoms with E-state index < -0.39 is 0 Å². The first-order valence-corrected chi connectivity index (χ1v) is 7.75. The summed E-state index contributed by atoms with van der Waals surface area (Å²) in [7, 11) is 0. The number of aromatic amines is 1. The van der Waals surface area contributed by atoms with Crippen LogP contribution in [-0.2, 0) is 11.0 Å². The molecule has 0 aliphatic rings. The van der Waals surface area contributed by atoms with E-state index in [0.717, 1.165) is 29.9 Å². The van der Waals surface area contributed by atoms with Gasteiger partial charge in [0.25, 0.3) is 0 Å². The predicted molar refractivity (Wildman–Crippen MR) is 89.2 cm³/mol. The summed E-state index contributed by atoms with van der Waals surface area (Å²) in [6, 6.07) is 8.66. The molecule has 3 nitrogen and oxygen atoms in total. The molecule has 3 N–H and O–H groups in total. The molecular formula is C18H27N3. The van der Waals surface area contributed by atoms with E-state index in [0.29, 0.717) is 0 Å². The maximum Gasteiger partial charge on any atom is 0.126 e. The van der Waals surface area contributed by atoms with E-state index in [4.69, 9.17) is 5.73 Å². The van der Waals surface area contributed by atoms with E-state index in [-0.39, 0.29) is 11.0 Å². The quantitative estimate of drug-likeness (QED) is 0.877. The first kappa shape index (κ1) is 15.8. The highest BCUT2D eigenvalue weighted by atomic mass is 15.0. The van der Waals surface area contributed by atoms with Gasteiger partial charge in [-0.25, -0.2) is 4.98 Å². The van der Waals surface area contributed by atoms with Gasteiger partial charge in [-0.3, -0.25) is 0 Å². The third kappa shape index (κ3) is 3.18. The van der Waals surface area contributed by atoms with E-state index in [2.05, 4.69) is 68.9 Å². The van der Waals surface area contributed by atoms with Crippen LogP contribution in [0.2, 0.25) is 0 Å². The maximum atomic E-state index is 6.40. The highest BCUT2D eigenvalue weighted by Crippen LogP contribution is 2.28. The number of hydrogen-bond donors (Lipinski definition) is 2. The minimum absolute atomic E-state index is 0.175. The second-order valence-corrected chi connectivity index (χ2v) is 6.84. The zero-order valence-corrected chi connectivity index (χ0v) is 13.8. The van der Waals surface area contributed by atoms with Crippen LogP contribution in [0.5, 0.6) is 0 Å². The second-order valence-electron chi connectivity index (χ2n) is 6.84. The molecule has 114 valence electrons. The van der Waals surface area contributed by atoms with Crippen molar-refractivity contribution in [1.82, 2.24) is 9.97 Å². The number of nitrogens with zero attached hydrogens (tertiary/aromatic N) is 1. The Morgan fingerprint density at radius 2 is 1.62 bits per heavy atom. The van der Waals surface area contributed by atoms with Crippen LogP contribution in [0, 0.1) is 0 Å². The van der Waals surface area contributed by atoms with E-state index >= 15 is 0 Å². The van der Waals surface area contributed by atoms with Crippen molar-refractivity contribution in [2.24, 2.45) is 5.73 Å². The van der Waals surface area contributed by atoms with Gasteiger partial charge in [-0.2, -0.15) is 0 Å². The lowest BCUT2D eigenvalue weighted by atomic mass is 9.86. The topological polar surface area (TPSA) is 54.7 Å². The van der Waals surface area contributed by atoms with Crippen molar-refractivity contribution < 1.29 is 0 Å². The van der Waals surface area contributed by atoms with Gasteiger partial charge in [0.05, 0.1) is 17.4 Å². The normalized spacial score (nSPS) is 12.7. The van der Waals surface area contributed by atoms with Crippen LogP contribution in [0.1, 0.15) is 58.8 Å². The summed E-state index contributed by atoms with van der Waals surface area (Å²) >= 11 is 0. The summed E-state index contributed by atoms with van der Waals surface area (Å²) in [5, 5.41) is 0. The van der Waals surface area contributed by atoms with Crippen molar-refractivity contribution in [2.75, 3.05) is 0 Å². The molecule has 0 aliphatic heterocycles. The number of H-pyrrole nitrogens is 1. The molecule has 0 atom stereocenters. The van der Waals surface area contributed by atoms with Crippen molar-refractivity contribution in [1.29, 1.82) is 0 Å². The summed E-state index contributed by atoms with van der Waals surface area (Å²) in [5.41, 5.74) is 9.73. The van der Waals surface area contributed by atoms with Gasteiger partial charge in [-0.05, 0) is 29.4 Å². The van der Waals surface area contributed by atoms with Gasteiger partial charge >= 0.3 is 0 Å². The Hall–Kier alpha value is -1.61. The summed E-state index contributed by atoms with van der Waals surface area (Å²) < 4.78 is 0. The van der Waals surface area contributed by atoms with Gasteiger partial charge in [0, 0.05) is 0 Å². The second kappa shape index (κ2) is 5.64. The van der Waals surface area contributed by atoms with Gasteiger partial charge < -0.3 is 10.7 Å². The number of rotatable bonds is 4. The number of imidazole rings is 1. The number of benzene rings is 1. The lowest BCUT2D eigenvalue weighted by molar-refractivity contribution is 0.391. The fourth-order valence-corrected chi connectivity index (χ4v) is 2.46. The average molecular weight is 285 g/mol. The zero-order valence-electron chi connectivity index (χ0n) is 13.8. The Bertz CT molecular complexity index is 584. The Morgan fingerprint density at radius 3 is 2.10 bits per heavy atom. The number of hydrogen-bond acceptors (Lipinski definition) is 2. The standard InChI is InChI=1S/C18H27N3/c1-6-18(19,7-2)16-20-12-15(21-16)13-8-10-14(11-9-13)17(3,4)5/h8-12H,6-7,19H2,1-5H3,(H,20,21). The Morgan fingerprint density at radius 1 is 1.05 bits per heavy atom. The van der Waals surface area contributed by atoms with Gasteiger partial charge in [-0.15, -0.1) is 0 Å². The van der Waals surface area contributed by atoms with Crippen LogP contribution >= 0.6 is 0 Å². The first-order chi connectivity index (χ1) is 9.80. The van der Waals surface area contributed by atoms with E-state index in [1.807, 2.05) is 6.20 Å². The molecule has 0 fully saturated rings. The molecule has 1 aromatic heterocycles. The number of nitrogens with two attached hydrogens (primary N) is 1. The molecule has 1 aromatic carbocycles. The van der Waals surface area contributed by atoms with Gasteiger partial charge in [0.15, 0.2) is 0 Å². The van der Waals surface area contributed by atoms with Crippen LogP contribution in [0.4, 0.5) is 0 Å². The monoisotopic (exact) mass is 285 g/mol. The Labute approximate surface area is 128 Å². The molecule has 1 heterocycles. The molecule has 0 unspecified atom stereocenters. The molecule has 21 heavy (non-hydrogen) atoms. The molecule has 0 aliphatic carbocycles. The first-order valence-electron chi connectivity index (χ1n) is 7.75. The van der Waals surface area contributed by atoms with Crippen LogP contribution in [0.3, 0.4) is 0 Å². The fourth-order valence-electron chi connectivity index (χ4n) is 2.46. The Kier molecular flexibility index (Phi) is 4.24. The minimum atomic E-state index is -0.358. The minimum Gasteiger partial charge on any atom is -0.340 e. The molecule has 0 bridgehead atoms. The van der Waals surface area contributed by atoms with Crippen molar-refractivity contribution >= 4 is 0 Å². The molecule has 0 saturated carbocycles. The summed E-state index contributed by atoms with van der Waals surface area (Å²) in [4.78, 5) is 7.89. The molecule has 0 spiro atoms. The van der Waals surface area contributed by atoms with Gasteiger partial charge in [-0.1, -0.05) is 58.9 Å². The van der Waals surface area contributed by atoms with Crippen LogP contribution in [0.15, 0.2) is 30.5 Å². The SMILES string of the molecule is CCC(N)(CC)c1ncc(-c2ccc(C(C)(C)C)cc2)[nH]1. The molecule has 2 rings (SSSR count). The third-order valence-corrected chi connectivity index (χ3v) is 4.37. The molecular weight excluding hydrogens is 258 g/mol. The van der Waals surface area contributed by atoms with Crippen LogP contribution < -0.4 is 5.73 Å². The summed E-state index contributed by atoms with van der Waals surface area (Å²) in [6.07, 6.45) is 3.63. The van der Waals surface area contributed by atoms with Crippen LogP contribution in [0.25, 0.3) is 11.3 Å². The van der Waals surface area contributed by atoms with Crippen molar-refractivity contribution in [3.63, 3.8) is 0 Å². The lowest BCUT2D eigenvalue weighted by Gasteiger charge is -2.23. The summed E-state index contributed by atoms with van der Waals surface area (Å²) in [5.74, 6) is 0.877. The molecule has 0 amide bonds. The van der Waals surface area contributed by atoms with E-state index in [9.17, 15) is 0 Å². The Balaban J connectivity index is 2.30. The zero-order chi connectivity index (χ0) is 15.7. The van der Waals surface area contributed by atoms with Gasteiger partial charge in [0.2, 0.25) is 0 Å². The molecule has 3 heteroatoms. The number of aromatic nitrogens is 2. The van der Waals surface area contributed by atoms with Gasteiger partial charge in [0.1, 0.15) is 5.82 Å². The van der Waals surface area contributed by atoms with Crippen molar-refractivity contribution in [3.8, 4) is 11.3 Å². The smallest absolute Gasteiger partial charge is 0.126 e. The van der Waals surface area contributed by atoms with Crippen molar-refractivity contribution in [3.05, 3.63) is 41.9 Å². The predicted octanol–water partition coefficient (Wildman–Crippen LogP) is 4.35. The van der Waals surface area contributed by atoms with Crippen LogP contribution in [-0.4, -0.2) is 9.97 Å². The average Bonchev–Trinajstić information content (AvgIpc) is 2.96. The summed E-state index contributed by atoms with van der Waals surface area (Å²) in [6.45, 7) is 10.9. The highest BCUT2D eigenvalue weighted by Gasteiger charge is 2.26.